The average molecular weight is 230 g/mol. The Balaban J connectivity index is 2.19. The lowest BCUT2D eigenvalue weighted by atomic mass is 10.1. The second kappa shape index (κ2) is 4.87. The number of nitrogens with one attached hydrogen (secondary N) is 1. The Morgan fingerprint density at radius 3 is 2.47 bits per heavy atom. The molecule has 0 amide bonds. The van der Waals surface area contributed by atoms with Crippen molar-refractivity contribution in [3.05, 3.63) is 59.9 Å². The van der Waals surface area contributed by atoms with E-state index in [0.717, 1.165) is 5.56 Å². The van der Waals surface area contributed by atoms with Crippen LogP contribution in [-0.2, 0) is 0 Å². The summed E-state index contributed by atoms with van der Waals surface area (Å²) < 4.78 is 13.3. The lowest BCUT2D eigenvalue weighted by molar-refractivity contribution is 0.632. The van der Waals surface area contributed by atoms with E-state index in [1.165, 1.54) is 6.07 Å². The smallest absolute Gasteiger partial charge is 0.148 e. The van der Waals surface area contributed by atoms with Gasteiger partial charge in [-0.25, -0.2) is 4.39 Å². The summed E-state index contributed by atoms with van der Waals surface area (Å²) in [6.45, 7) is 2.01. The molecule has 0 fully saturated rings. The van der Waals surface area contributed by atoms with Gasteiger partial charge in [0, 0.05) is 6.04 Å². The first-order valence-corrected chi connectivity index (χ1v) is 5.54. The molecule has 0 spiro atoms. The summed E-state index contributed by atoms with van der Waals surface area (Å²) in [6.07, 6.45) is 0. The summed E-state index contributed by atoms with van der Waals surface area (Å²) in [5.74, 6) is -0.393. The van der Waals surface area contributed by atoms with Crippen molar-refractivity contribution < 1.29 is 4.39 Å². The van der Waals surface area contributed by atoms with Crippen LogP contribution in [0.5, 0.6) is 0 Å². The third kappa shape index (κ3) is 2.56. The zero-order chi connectivity index (χ0) is 12.3. The van der Waals surface area contributed by atoms with Crippen LogP contribution in [-0.4, -0.2) is 0 Å². The van der Waals surface area contributed by atoms with Gasteiger partial charge in [0.1, 0.15) is 5.82 Å². The molecule has 0 radical (unpaired) electrons. The predicted octanol–water partition coefficient (Wildman–Crippen LogP) is 3.58. The number of para-hydroxylation sites is 1. The van der Waals surface area contributed by atoms with Gasteiger partial charge in [0.25, 0.3) is 0 Å². The van der Waals surface area contributed by atoms with Gasteiger partial charge in [-0.05, 0) is 24.6 Å². The Bertz CT molecular complexity index is 497. The van der Waals surface area contributed by atoms with Crippen molar-refractivity contribution in [1.82, 2.24) is 0 Å². The molecule has 0 aliphatic rings. The molecule has 1 unspecified atom stereocenters. The second-order valence-corrected chi connectivity index (χ2v) is 3.98. The number of anilines is 2. The van der Waals surface area contributed by atoms with Crippen LogP contribution >= 0.6 is 0 Å². The fraction of sp³-hybridized carbons (Fsp3) is 0.143. The van der Waals surface area contributed by atoms with E-state index in [2.05, 4.69) is 5.32 Å². The van der Waals surface area contributed by atoms with Gasteiger partial charge in [-0.1, -0.05) is 36.4 Å². The molecule has 2 aromatic rings. The Labute approximate surface area is 100 Å². The highest BCUT2D eigenvalue weighted by molar-refractivity contribution is 5.67. The van der Waals surface area contributed by atoms with Gasteiger partial charge in [0.15, 0.2) is 0 Å². The molecule has 1 atom stereocenters. The summed E-state index contributed by atoms with van der Waals surface area (Å²) in [4.78, 5) is 0. The first-order valence-electron chi connectivity index (χ1n) is 5.54. The maximum Gasteiger partial charge on any atom is 0.148 e. The van der Waals surface area contributed by atoms with Crippen molar-refractivity contribution in [2.24, 2.45) is 0 Å². The number of hydrogen-bond donors (Lipinski definition) is 2. The molecule has 0 aromatic heterocycles. The number of benzene rings is 2. The highest BCUT2D eigenvalue weighted by atomic mass is 19.1. The van der Waals surface area contributed by atoms with Gasteiger partial charge in [0.2, 0.25) is 0 Å². The fourth-order valence-corrected chi connectivity index (χ4v) is 1.72. The number of hydrogen-bond acceptors (Lipinski definition) is 2. The topological polar surface area (TPSA) is 38.0 Å². The molecule has 2 aromatic carbocycles. The van der Waals surface area contributed by atoms with Crippen LogP contribution < -0.4 is 11.1 Å². The molecular formula is C14H15FN2. The monoisotopic (exact) mass is 230 g/mol. The van der Waals surface area contributed by atoms with Crippen molar-refractivity contribution in [2.45, 2.75) is 13.0 Å². The van der Waals surface area contributed by atoms with E-state index < -0.39 is 5.82 Å². The van der Waals surface area contributed by atoms with Crippen molar-refractivity contribution in [3.63, 3.8) is 0 Å². The summed E-state index contributed by atoms with van der Waals surface area (Å²) in [5, 5.41) is 3.20. The van der Waals surface area contributed by atoms with Gasteiger partial charge in [0.05, 0.1) is 11.4 Å². The lowest BCUT2D eigenvalue weighted by Gasteiger charge is -2.17. The Morgan fingerprint density at radius 1 is 1.06 bits per heavy atom. The van der Waals surface area contributed by atoms with Crippen LogP contribution in [0.1, 0.15) is 18.5 Å². The maximum atomic E-state index is 13.3. The minimum Gasteiger partial charge on any atom is -0.395 e. The van der Waals surface area contributed by atoms with E-state index in [9.17, 15) is 4.39 Å². The highest BCUT2D eigenvalue weighted by Gasteiger charge is 2.08. The molecule has 88 valence electrons. The van der Waals surface area contributed by atoms with Crippen molar-refractivity contribution in [3.8, 4) is 0 Å². The van der Waals surface area contributed by atoms with Crippen LogP contribution in [0, 0.1) is 5.82 Å². The first-order chi connectivity index (χ1) is 8.18. The Morgan fingerprint density at radius 2 is 1.76 bits per heavy atom. The largest absolute Gasteiger partial charge is 0.395 e. The van der Waals surface area contributed by atoms with E-state index in [0.29, 0.717) is 5.69 Å². The number of nitrogens with two attached hydrogens (primary N) is 1. The van der Waals surface area contributed by atoms with E-state index in [-0.39, 0.29) is 11.7 Å². The van der Waals surface area contributed by atoms with Crippen LogP contribution in [0.25, 0.3) is 0 Å². The molecule has 0 aliphatic carbocycles. The van der Waals surface area contributed by atoms with E-state index >= 15 is 0 Å². The van der Waals surface area contributed by atoms with Gasteiger partial charge >= 0.3 is 0 Å². The molecular weight excluding hydrogens is 215 g/mol. The second-order valence-electron chi connectivity index (χ2n) is 3.98. The molecule has 3 N–H and O–H groups in total. The molecule has 3 heteroatoms. The lowest BCUT2D eigenvalue weighted by Crippen LogP contribution is -2.08. The third-order valence-electron chi connectivity index (χ3n) is 2.72. The fourth-order valence-electron chi connectivity index (χ4n) is 1.72. The van der Waals surface area contributed by atoms with E-state index in [4.69, 9.17) is 5.73 Å². The van der Waals surface area contributed by atoms with Crippen LogP contribution in [0.3, 0.4) is 0 Å². The molecule has 0 aliphatic heterocycles. The van der Waals surface area contributed by atoms with Gasteiger partial charge in [-0.2, -0.15) is 0 Å². The number of halogens is 1. The molecule has 17 heavy (non-hydrogen) atoms. The molecule has 0 bridgehead atoms. The van der Waals surface area contributed by atoms with E-state index in [1.54, 1.807) is 12.1 Å². The van der Waals surface area contributed by atoms with Crippen LogP contribution in [0.15, 0.2) is 48.5 Å². The number of rotatable bonds is 3. The quantitative estimate of drug-likeness (QED) is 0.791. The van der Waals surface area contributed by atoms with Gasteiger partial charge in [-0.15, -0.1) is 0 Å². The normalized spacial score (nSPS) is 12.1. The molecule has 2 rings (SSSR count). The SMILES string of the molecule is CC(Nc1cccc(F)c1N)c1ccccc1. The predicted molar refractivity (Wildman–Crippen MR) is 69.3 cm³/mol. The molecule has 0 heterocycles. The summed E-state index contributed by atoms with van der Waals surface area (Å²) in [7, 11) is 0. The molecule has 0 saturated heterocycles. The van der Waals surface area contributed by atoms with Gasteiger partial charge in [-0.3, -0.25) is 0 Å². The van der Waals surface area contributed by atoms with Crippen LogP contribution in [0.4, 0.5) is 15.8 Å². The van der Waals surface area contributed by atoms with Crippen molar-refractivity contribution >= 4 is 11.4 Å². The highest BCUT2D eigenvalue weighted by Crippen LogP contribution is 2.25. The van der Waals surface area contributed by atoms with E-state index in [1.807, 2.05) is 37.3 Å². The Kier molecular flexibility index (Phi) is 3.28. The summed E-state index contributed by atoms with van der Waals surface area (Å²) >= 11 is 0. The first kappa shape index (κ1) is 11.5. The standard InChI is InChI=1S/C14H15FN2/c1-10(11-6-3-2-4-7-11)17-13-9-5-8-12(15)14(13)16/h2-10,17H,16H2,1H3. The zero-order valence-electron chi connectivity index (χ0n) is 9.65. The molecule has 0 saturated carbocycles. The van der Waals surface area contributed by atoms with Crippen molar-refractivity contribution in [1.29, 1.82) is 0 Å². The van der Waals surface area contributed by atoms with Crippen molar-refractivity contribution in [2.75, 3.05) is 11.1 Å². The third-order valence-corrected chi connectivity index (χ3v) is 2.72. The molecule has 2 nitrogen and oxygen atoms in total. The summed E-state index contributed by atoms with van der Waals surface area (Å²) in [5.41, 5.74) is 7.60. The zero-order valence-corrected chi connectivity index (χ0v) is 9.65. The average Bonchev–Trinajstić information content (AvgIpc) is 2.36. The Hall–Kier alpha value is -2.03. The minimum atomic E-state index is -0.393. The maximum absolute atomic E-state index is 13.3. The minimum absolute atomic E-state index is 0.0836. The van der Waals surface area contributed by atoms with Gasteiger partial charge < -0.3 is 11.1 Å². The summed E-state index contributed by atoms with van der Waals surface area (Å²) in [6, 6.07) is 14.8. The number of nitrogen functional groups attached to an aromatic ring is 1. The van der Waals surface area contributed by atoms with Crippen LogP contribution in [0.2, 0.25) is 0 Å².